The van der Waals surface area contributed by atoms with E-state index in [0.717, 1.165) is 27.9 Å². The van der Waals surface area contributed by atoms with E-state index in [2.05, 4.69) is 16.0 Å². The summed E-state index contributed by atoms with van der Waals surface area (Å²) in [6.45, 7) is 8.12. The van der Waals surface area contributed by atoms with Crippen LogP contribution in [-0.2, 0) is 17.8 Å². The second-order valence-electron chi connectivity index (χ2n) is 12.2. The maximum absolute atomic E-state index is 14.0. The van der Waals surface area contributed by atoms with E-state index in [1.807, 2.05) is 81.4 Å². The highest BCUT2D eigenvalue weighted by Crippen LogP contribution is 2.33. The van der Waals surface area contributed by atoms with Crippen molar-refractivity contribution < 1.29 is 24.2 Å². The molecule has 4 rings (SSSR count). The predicted molar refractivity (Wildman–Crippen MR) is 176 cm³/mol. The summed E-state index contributed by atoms with van der Waals surface area (Å²) in [5.41, 5.74) is 10.6. The molecule has 0 saturated carbocycles. The van der Waals surface area contributed by atoms with Gasteiger partial charge in [-0.3, -0.25) is 9.59 Å². The molecule has 3 aromatic carbocycles. The van der Waals surface area contributed by atoms with E-state index in [1.165, 1.54) is 0 Å². The number of ether oxygens (including phenoxy) is 1. The number of anilines is 1. The quantitative estimate of drug-likeness (QED) is 0.203. The SMILES string of the molecule is CCNC(=O)c1ccccc1-c1ccc(CN2C(=O)C(NC(=O)N[C@@H](N)C(C)(C)C[C@@H](C)O)CCc3cc(OC)ccc32)cc1. The number of urea groups is 1. The zero-order valence-corrected chi connectivity index (χ0v) is 26.7. The van der Waals surface area contributed by atoms with Crippen LogP contribution in [0.2, 0.25) is 0 Å². The minimum Gasteiger partial charge on any atom is -0.497 e. The number of rotatable bonds is 11. The van der Waals surface area contributed by atoms with Crippen molar-refractivity contribution in [2.75, 3.05) is 18.6 Å². The first kappa shape index (κ1) is 33.5. The lowest BCUT2D eigenvalue weighted by molar-refractivity contribution is -0.120. The lowest BCUT2D eigenvalue weighted by Gasteiger charge is -2.33. The van der Waals surface area contributed by atoms with Gasteiger partial charge in [0, 0.05) is 23.2 Å². The van der Waals surface area contributed by atoms with Gasteiger partial charge in [-0.05, 0) is 79.6 Å². The fourth-order valence-corrected chi connectivity index (χ4v) is 5.77. The number of fused-ring (bicyclic) bond motifs is 1. The van der Waals surface area contributed by atoms with Gasteiger partial charge in [-0.15, -0.1) is 0 Å². The molecule has 10 heteroatoms. The van der Waals surface area contributed by atoms with Crippen molar-refractivity contribution in [3.05, 3.63) is 83.4 Å². The molecule has 0 spiro atoms. The smallest absolute Gasteiger partial charge is 0.316 e. The summed E-state index contributed by atoms with van der Waals surface area (Å²) in [5.74, 6) is 0.317. The molecule has 1 heterocycles. The van der Waals surface area contributed by atoms with E-state index >= 15 is 0 Å². The van der Waals surface area contributed by atoms with Crippen molar-refractivity contribution in [2.45, 2.75) is 71.8 Å². The molecule has 6 N–H and O–H groups in total. The van der Waals surface area contributed by atoms with Crippen molar-refractivity contribution in [2.24, 2.45) is 11.1 Å². The normalized spacial score (nSPS) is 16.2. The number of aliphatic hydroxyl groups is 1. The van der Waals surface area contributed by atoms with Crippen LogP contribution < -0.4 is 31.3 Å². The fraction of sp³-hybridized carbons (Fsp3) is 0.400. The van der Waals surface area contributed by atoms with Gasteiger partial charge in [-0.25, -0.2) is 4.79 Å². The summed E-state index contributed by atoms with van der Waals surface area (Å²) in [7, 11) is 1.60. The number of carbonyl (C=O) groups is 3. The largest absolute Gasteiger partial charge is 0.497 e. The molecular formula is C35H45N5O5. The Morgan fingerprint density at radius 3 is 2.49 bits per heavy atom. The number of aryl methyl sites for hydroxylation is 1. The number of carbonyl (C=O) groups excluding carboxylic acids is 3. The van der Waals surface area contributed by atoms with E-state index in [1.54, 1.807) is 25.0 Å². The molecule has 0 saturated heterocycles. The molecule has 0 bridgehead atoms. The molecule has 3 atom stereocenters. The van der Waals surface area contributed by atoms with Gasteiger partial charge in [0.15, 0.2) is 0 Å². The number of hydrogen-bond acceptors (Lipinski definition) is 6. The number of nitrogens with zero attached hydrogens (tertiary/aromatic N) is 1. The number of methoxy groups -OCH3 is 1. The van der Waals surface area contributed by atoms with Crippen LogP contribution in [0, 0.1) is 5.41 Å². The van der Waals surface area contributed by atoms with Crippen molar-refractivity contribution in [3.8, 4) is 16.9 Å². The molecule has 1 unspecified atom stereocenters. The Labute approximate surface area is 265 Å². The number of benzene rings is 3. The third kappa shape index (κ3) is 8.20. The topological polar surface area (TPSA) is 146 Å². The van der Waals surface area contributed by atoms with Crippen LogP contribution in [0.1, 0.15) is 62.0 Å². The van der Waals surface area contributed by atoms with Gasteiger partial charge < -0.3 is 36.4 Å². The first-order valence-corrected chi connectivity index (χ1v) is 15.4. The van der Waals surface area contributed by atoms with Gasteiger partial charge in [0.25, 0.3) is 5.91 Å². The Hall–Kier alpha value is -4.41. The maximum Gasteiger partial charge on any atom is 0.316 e. The van der Waals surface area contributed by atoms with E-state index in [-0.39, 0.29) is 18.4 Å². The van der Waals surface area contributed by atoms with Gasteiger partial charge in [0.2, 0.25) is 5.91 Å². The Kier molecular flexibility index (Phi) is 10.8. The van der Waals surface area contributed by atoms with Gasteiger partial charge in [0.1, 0.15) is 11.8 Å². The lowest BCUT2D eigenvalue weighted by Crippen LogP contribution is -2.58. The number of hydrogen-bond donors (Lipinski definition) is 5. The zero-order valence-electron chi connectivity index (χ0n) is 26.7. The summed E-state index contributed by atoms with van der Waals surface area (Å²) in [6, 6.07) is 19.5. The minimum atomic E-state index is -0.793. The molecule has 1 aliphatic rings. The molecule has 1 aliphatic heterocycles. The molecule has 0 radical (unpaired) electrons. The monoisotopic (exact) mass is 615 g/mol. The number of amides is 4. The molecule has 0 aromatic heterocycles. The number of nitrogens with one attached hydrogen (secondary N) is 3. The Bertz CT molecular complexity index is 1500. The van der Waals surface area contributed by atoms with Gasteiger partial charge in [-0.2, -0.15) is 0 Å². The second-order valence-corrected chi connectivity index (χ2v) is 12.2. The molecule has 3 aromatic rings. The number of nitrogens with two attached hydrogens (primary N) is 1. The third-order valence-electron chi connectivity index (χ3n) is 8.21. The van der Waals surface area contributed by atoms with Crippen LogP contribution in [0.15, 0.2) is 66.7 Å². The van der Waals surface area contributed by atoms with Crippen molar-refractivity contribution >= 4 is 23.5 Å². The summed E-state index contributed by atoms with van der Waals surface area (Å²) >= 11 is 0. The Balaban J connectivity index is 1.57. The first-order chi connectivity index (χ1) is 21.4. The maximum atomic E-state index is 14.0. The second kappa shape index (κ2) is 14.6. The van der Waals surface area contributed by atoms with Gasteiger partial charge in [-0.1, -0.05) is 56.3 Å². The first-order valence-electron chi connectivity index (χ1n) is 15.4. The molecule has 10 nitrogen and oxygen atoms in total. The standard InChI is InChI=1S/C35H45N5O5/c1-6-37-31(42)28-10-8-7-9-27(28)24-13-11-23(12-14-24)21-40-30-18-16-26(45-5)19-25(30)15-17-29(32(40)43)38-34(44)39-33(36)35(3,4)20-22(2)41/h7-14,16,18-19,22,29,33,41H,6,15,17,20-21,36H2,1-5H3,(H,37,42)(H2,38,39,44)/t22-,29?,33-/m1/s1. The predicted octanol–water partition coefficient (Wildman–Crippen LogP) is 4.34. The van der Waals surface area contributed by atoms with E-state index in [4.69, 9.17) is 10.5 Å². The summed E-state index contributed by atoms with van der Waals surface area (Å²) in [5, 5.41) is 18.3. The third-order valence-corrected chi connectivity index (χ3v) is 8.21. The highest BCUT2D eigenvalue weighted by atomic mass is 16.5. The van der Waals surface area contributed by atoms with Gasteiger partial charge >= 0.3 is 6.03 Å². The molecular weight excluding hydrogens is 570 g/mol. The van der Waals surface area contributed by atoms with E-state index in [0.29, 0.717) is 37.1 Å². The fourth-order valence-electron chi connectivity index (χ4n) is 5.77. The van der Waals surface area contributed by atoms with E-state index < -0.39 is 29.8 Å². The van der Waals surface area contributed by atoms with Gasteiger partial charge in [0.05, 0.1) is 25.9 Å². The average Bonchev–Trinajstić information content (AvgIpc) is 3.12. The van der Waals surface area contributed by atoms with Crippen molar-refractivity contribution in [1.29, 1.82) is 0 Å². The Morgan fingerprint density at radius 2 is 1.82 bits per heavy atom. The Morgan fingerprint density at radius 1 is 1.11 bits per heavy atom. The summed E-state index contributed by atoms with van der Waals surface area (Å²) in [6.07, 6.45) is 0.0347. The highest BCUT2D eigenvalue weighted by Gasteiger charge is 2.34. The van der Waals surface area contributed by atoms with Crippen molar-refractivity contribution in [1.82, 2.24) is 16.0 Å². The lowest BCUT2D eigenvalue weighted by atomic mass is 9.84. The van der Waals surface area contributed by atoms with Crippen LogP contribution in [0.5, 0.6) is 5.75 Å². The highest BCUT2D eigenvalue weighted by molar-refractivity contribution is 6.01. The summed E-state index contributed by atoms with van der Waals surface area (Å²) < 4.78 is 5.45. The molecule has 0 aliphatic carbocycles. The minimum absolute atomic E-state index is 0.130. The molecule has 4 amide bonds. The molecule has 240 valence electrons. The molecule has 45 heavy (non-hydrogen) atoms. The van der Waals surface area contributed by atoms with Crippen LogP contribution in [0.3, 0.4) is 0 Å². The average molecular weight is 616 g/mol. The van der Waals surface area contributed by atoms with Crippen LogP contribution >= 0.6 is 0 Å². The number of aliphatic hydroxyl groups excluding tert-OH is 1. The zero-order chi connectivity index (χ0) is 32.7. The van der Waals surface area contributed by atoms with Crippen LogP contribution in [0.4, 0.5) is 10.5 Å². The van der Waals surface area contributed by atoms with Crippen molar-refractivity contribution in [3.63, 3.8) is 0 Å². The summed E-state index contributed by atoms with van der Waals surface area (Å²) in [4.78, 5) is 41.4. The van der Waals surface area contributed by atoms with Crippen LogP contribution in [-0.4, -0.2) is 54.9 Å². The van der Waals surface area contributed by atoms with Crippen LogP contribution in [0.25, 0.3) is 11.1 Å². The van der Waals surface area contributed by atoms with E-state index in [9.17, 15) is 19.5 Å². The molecule has 0 fully saturated rings.